The number of anilines is 2. The van der Waals surface area contributed by atoms with Gasteiger partial charge in [-0.1, -0.05) is 31.2 Å². The Hall–Kier alpha value is -3.11. The lowest BCUT2D eigenvalue weighted by Gasteiger charge is -2.41. The molecule has 2 aromatic carbocycles. The summed E-state index contributed by atoms with van der Waals surface area (Å²) in [6, 6.07) is 13.6. The molecule has 2 aliphatic heterocycles. The number of piperazine rings is 1. The number of carbonyl (C=O) groups is 2. The summed E-state index contributed by atoms with van der Waals surface area (Å²) in [5, 5.41) is 1.67. The molecule has 1 amide bonds. The van der Waals surface area contributed by atoms with Crippen LogP contribution in [0.1, 0.15) is 58.1 Å². The van der Waals surface area contributed by atoms with E-state index < -0.39 is 17.2 Å². The van der Waals surface area contributed by atoms with Crippen LogP contribution in [0.4, 0.5) is 24.5 Å². The molecule has 0 radical (unpaired) electrons. The molecule has 0 atom stereocenters. The minimum Gasteiger partial charge on any atom is -0.371 e. The number of amides is 1. The lowest BCUT2D eigenvalue weighted by Crippen LogP contribution is -2.48. The predicted octanol–water partition coefficient (Wildman–Crippen LogP) is 5.74. The van der Waals surface area contributed by atoms with E-state index in [0.29, 0.717) is 70.8 Å². The third-order valence-corrected chi connectivity index (χ3v) is 7.74. The summed E-state index contributed by atoms with van der Waals surface area (Å²) in [4.78, 5) is 36.7. The molecule has 0 saturated carbocycles. The zero-order valence-corrected chi connectivity index (χ0v) is 24.4. The van der Waals surface area contributed by atoms with Crippen LogP contribution in [0.2, 0.25) is 0 Å². The number of benzene rings is 2. The van der Waals surface area contributed by atoms with Crippen molar-refractivity contribution in [2.45, 2.75) is 65.7 Å². The van der Waals surface area contributed by atoms with Gasteiger partial charge in [0.2, 0.25) is 5.91 Å². The van der Waals surface area contributed by atoms with Crippen LogP contribution in [0.5, 0.6) is 0 Å². The second-order valence-electron chi connectivity index (χ2n) is 11.8. The van der Waals surface area contributed by atoms with E-state index in [4.69, 9.17) is 4.84 Å². The number of piperidine rings is 1. The lowest BCUT2D eigenvalue weighted by atomic mass is 9.98. The van der Waals surface area contributed by atoms with E-state index in [9.17, 15) is 22.8 Å². The van der Waals surface area contributed by atoms with Crippen LogP contribution in [0.25, 0.3) is 0 Å². The molecule has 0 unspecified atom stereocenters. The van der Waals surface area contributed by atoms with E-state index in [0.717, 1.165) is 17.3 Å². The molecule has 2 aromatic rings. The largest absolute Gasteiger partial charge is 0.416 e. The van der Waals surface area contributed by atoms with Gasteiger partial charge in [-0.3, -0.25) is 9.69 Å². The summed E-state index contributed by atoms with van der Waals surface area (Å²) in [6.45, 7) is 11.2. The maximum Gasteiger partial charge on any atom is 0.416 e. The average molecular weight is 575 g/mol. The van der Waals surface area contributed by atoms with Crippen LogP contribution in [0.3, 0.4) is 0 Å². The summed E-state index contributed by atoms with van der Waals surface area (Å²) < 4.78 is 41.2. The smallest absolute Gasteiger partial charge is 0.371 e. The number of rotatable bonds is 7. The Labute approximate surface area is 240 Å². The Kier molecular flexibility index (Phi) is 9.64. The molecule has 2 saturated heterocycles. The molecule has 0 N–H and O–H groups in total. The molecule has 2 aliphatic rings. The highest BCUT2D eigenvalue weighted by molar-refractivity contribution is 5.93. The molecule has 10 heteroatoms. The Morgan fingerprint density at radius 3 is 2.12 bits per heavy atom. The molecule has 41 heavy (non-hydrogen) atoms. The highest BCUT2D eigenvalue weighted by Gasteiger charge is 2.34. The van der Waals surface area contributed by atoms with E-state index in [1.54, 1.807) is 31.9 Å². The van der Waals surface area contributed by atoms with Crippen LogP contribution in [-0.2, 0) is 27.1 Å². The highest BCUT2D eigenvalue weighted by Crippen LogP contribution is 2.36. The van der Waals surface area contributed by atoms with Gasteiger partial charge in [0.15, 0.2) is 0 Å². The SMILES string of the molecule is CCC(=O)N(c1ccccc1)C1CCN(c2cc(C(F)(F)F)ccc2CN2CCN(OC(=O)C(C)(C)C)CC2)CC1. The van der Waals surface area contributed by atoms with Gasteiger partial charge in [-0.15, -0.1) is 5.06 Å². The second-order valence-corrected chi connectivity index (χ2v) is 11.8. The number of carbonyl (C=O) groups excluding carboxylic acids is 2. The Morgan fingerprint density at radius 2 is 1.56 bits per heavy atom. The van der Waals surface area contributed by atoms with Gasteiger partial charge in [0.05, 0.1) is 11.0 Å². The zero-order valence-electron chi connectivity index (χ0n) is 24.4. The average Bonchev–Trinajstić information content (AvgIpc) is 2.94. The standard InChI is InChI=1S/C31H41F3N4O3/c1-5-28(39)38(25-9-7-6-8-10-25)26-13-15-36(16-14-26)27-21-24(31(32,33)34)12-11-23(27)22-35-17-19-37(20-18-35)41-29(40)30(2,3)4/h6-12,21,26H,5,13-20,22H2,1-4H3. The van der Waals surface area contributed by atoms with Gasteiger partial charge in [0.25, 0.3) is 0 Å². The summed E-state index contributed by atoms with van der Waals surface area (Å²) in [5.74, 6) is -0.243. The highest BCUT2D eigenvalue weighted by atomic mass is 19.4. The number of alkyl halides is 3. The van der Waals surface area contributed by atoms with Crippen LogP contribution >= 0.6 is 0 Å². The van der Waals surface area contributed by atoms with Gasteiger partial charge in [0.1, 0.15) is 0 Å². The fourth-order valence-corrected chi connectivity index (χ4v) is 5.32. The summed E-state index contributed by atoms with van der Waals surface area (Å²) >= 11 is 0. The van der Waals surface area contributed by atoms with Crippen molar-refractivity contribution in [3.63, 3.8) is 0 Å². The molecule has 0 aliphatic carbocycles. The first kappa shape index (κ1) is 30.8. The van der Waals surface area contributed by atoms with Crippen molar-refractivity contribution in [1.29, 1.82) is 0 Å². The van der Waals surface area contributed by atoms with E-state index in [-0.39, 0.29) is 17.9 Å². The maximum atomic E-state index is 13.7. The fraction of sp³-hybridized carbons (Fsp3) is 0.548. The number of halogens is 3. The third-order valence-electron chi connectivity index (χ3n) is 7.74. The Balaban J connectivity index is 1.46. The van der Waals surface area contributed by atoms with Crippen molar-refractivity contribution in [2.24, 2.45) is 5.41 Å². The predicted molar refractivity (Wildman–Crippen MR) is 153 cm³/mol. The number of para-hydroxylation sites is 1. The van der Waals surface area contributed by atoms with Crippen LogP contribution < -0.4 is 9.80 Å². The molecular weight excluding hydrogens is 533 g/mol. The van der Waals surface area contributed by atoms with E-state index in [1.165, 1.54) is 6.07 Å². The molecule has 0 aromatic heterocycles. The van der Waals surface area contributed by atoms with Crippen molar-refractivity contribution in [3.05, 3.63) is 59.7 Å². The zero-order chi connectivity index (χ0) is 29.8. The minimum atomic E-state index is -4.44. The van der Waals surface area contributed by atoms with Gasteiger partial charge in [-0.25, -0.2) is 4.79 Å². The third kappa shape index (κ3) is 7.80. The fourth-order valence-electron chi connectivity index (χ4n) is 5.32. The van der Waals surface area contributed by atoms with Gasteiger partial charge in [-0.2, -0.15) is 13.2 Å². The number of hydrogen-bond donors (Lipinski definition) is 0. The van der Waals surface area contributed by atoms with Crippen LogP contribution in [0.15, 0.2) is 48.5 Å². The van der Waals surface area contributed by atoms with E-state index in [1.807, 2.05) is 47.1 Å². The molecule has 0 spiro atoms. The lowest BCUT2D eigenvalue weighted by molar-refractivity contribution is -0.207. The van der Waals surface area contributed by atoms with E-state index in [2.05, 4.69) is 4.90 Å². The van der Waals surface area contributed by atoms with Crippen molar-refractivity contribution in [1.82, 2.24) is 9.96 Å². The van der Waals surface area contributed by atoms with Gasteiger partial charge in [-0.05, 0) is 63.4 Å². The van der Waals surface area contributed by atoms with Crippen LogP contribution in [0, 0.1) is 5.41 Å². The van der Waals surface area contributed by atoms with Crippen molar-refractivity contribution in [3.8, 4) is 0 Å². The van der Waals surface area contributed by atoms with E-state index >= 15 is 0 Å². The molecular formula is C31H41F3N4O3. The minimum absolute atomic E-state index is 0.0146. The summed E-state index contributed by atoms with van der Waals surface area (Å²) in [7, 11) is 0. The molecule has 2 heterocycles. The first-order chi connectivity index (χ1) is 19.4. The molecule has 0 bridgehead atoms. The first-order valence-corrected chi connectivity index (χ1v) is 14.4. The topological polar surface area (TPSA) is 56.3 Å². The van der Waals surface area contributed by atoms with Crippen LogP contribution in [-0.4, -0.2) is 67.1 Å². The molecule has 2 fully saturated rings. The molecule has 4 rings (SSSR count). The number of nitrogens with zero attached hydrogens (tertiary/aromatic N) is 4. The van der Waals surface area contributed by atoms with Gasteiger partial charge in [0, 0.05) is 69.7 Å². The monoisotopic (exact) mass is 574 g/mol. The molecule has 224 valence electrons. The quantitative estimate of drug-likeness (QED) is 0.421. The Morgan fingerprint density at radius 1 is 0.927 bits per heavy atom. The number of hydrogen-bond acceptors (Lipinski definition) is 6. The van der Waals surface area contributed by atoms with Gasteiger partial charge >= 0.3 is 12.1 Å². The maximum absolute atomic E-state index is 13.7. The summed E-state index contributed by atoms with van der Waals surface area (Å²) in [6.07, 6.45) is -2.73. The van der Waals surface area contributed by atoms with Gasteiger partial charge < -0.3 is 14.6 Å². The molecule has 7 nitrogen and oxygen atoms in total. The van der Waals surface area contributed by atoms with Crippen molar-refractivity contribution in [2.75, 3.05) is 49.1 Å². The Bertz CT molecular complexity index is 1180. The summed E-state index contributed by atoms with van der Waals surface area (Å²) in [5.41, 5.74) is 1.02. The first-order valence-electron chi connectivity index (χ1n) is 14.4. The van der Waals surface area contributed by atoms with Crippen molar-refractivity contribution < 1.29 is 27.6 Å². The second kappa shape index (κ2) is 12.8. The normalized spacial score (nSPS) is 17.9. The van der Waals surface area contributed by atoms with Crippen molar-refractivity contribution >= 4 is 23.3 Å². The number of hydroxylamine groups is 2.